The zero-order valence-electron chi connectivity index (χ0n) is 16.3. The van der Waals surface area contributed by atoms with E-state index in [1.807, 2.05) is 12.1 Å². The Bertz CT molecular complexity index is 806. The van der Waals surface area contributed by atoms with Gasteiger partial charge in [0, 0.05) is 25.6 Å². The SMILES string of the molecule is COc1cc(CN2CCC(c3nnc4n3CCNC4)CC2)cc(Cl)c1OC.Cl. The fourth-order valence-electron chi connectivity index (χ4n) is 4.09. The maximum Gasteiger partial charge on any atom is 0.179 e. The Morgan fingerprint density at radius 3 is 2.64 bits per heavy atom. The molecule has 0 aliphatic carbocycles. The van der Waals surface area contributed by atoms with E-state index in [9.17, 15) is 0 Å². The van der Waals surface area contributed by atoms with Gasteiger partial charge in [-0.3, -0.25) is 4.90 Å². The summed E-state index contributed by atoms with van der Waals surface area (Å²) in [6, 6.07) is 3.98. The fraction of sp³-hybridized carbons (Fsp3) is 0.579. The van der Waals surface area contributed by atoms with Crippen molar-refractivity contribution in [2.24, 2.45) is 0 Å². The van der Waals surface area contributed by atoms with E-state index in [2.05, 4.69) is 25.0 Å². The number of ether oxygens (including phenoxy) is 2. The van der Waals surface area contributed by atoms with E-state index in [0.29, 0.717) is 22.4 Å². The number of piperidine rings is 1. The smallest absolute Gasteiger partial charge is 0.179 e. The molecule has 1 N–H and O–H groups in total. The molecule has 4 rings (SSSR count). The first-order chi connectivity index (χ1) is 13.2. The van der Waals surface area contributed by atoms with Gasteiger partial charge < -0.3 is 19.4 Å². The minimum absolute atomic E-state index is 0. The Morgan fingerprint density at radius 1 is 1.14 bits per heavy atom. The van der Waals surface area contributed by atoms with Gasteiger partial charge in [0.1, 0.15) is 11.6 Å². The van der Waals surface area contributed by atoms with Crippen LogP contribution in [-0.4, -0.2) is 53.5 Å². The van der Waals surface area contributed by atoms with Crippen molar-refractivity contribution in [3.8, 4) is 11.5 Å². The summed E-state index contributed by atoms with van der Waals surface area (Å²) in [5, 5.41) is 12.8. The van der Waals surface area contributed by atoms with Crippen LogP contribution in [0.15, 0.2) is 12.1 Å². The Balaban J connectivity index is 0.00000225. The van der Waals surface area contributed by atoms with Crippen molar-refractivity contribution < 1.29 is 9.47 Å². The summed E-state index contributed by atoms with van der Waals surface area (Å²) in [4.78, 5) is 2.46. The lowest BCUT2D eigenvalue weighted by Gasteiger charge is -2.32. The predicted molar refractivity (Wildman–Crippen MR) is 111 cm³/mol. The minimum atomic E-state index is 0. The lowest BCUT2D eigenvalue weighted by molar-refractivity contribution is 0.199. The molecule has 2 aliphatic rings. The molecular weight excluding hydrogens is 401 g/mol. The van der Waals surface area contributed by atoms with Crippen LogP contribution in [0.4, 0.5) is 0 Å². The largest absolute Gasteiger partial charge is 0.493 e. The van der Waals surface area contributed by atoms with Crippen molar-refractivity contribution >= 4 is 24.0 Å². The molecule has 9 heteroatoms. The molecule has 0 radical (unpaired) electrons. The number of hydrogen-bond donors (Lipinski definition) is 1. The Kier molecular flexibility index (Phi) is 7.04. The molecule has 1 fully saturated rings. The molecule has 0 amide bonds. The molecule has 0 spiro atoms. The van der Waals surface area contributed by atoms with E-state index >= 15 is 0 Å². The zero-order chi connectivity index (χ0) is 18.8. The highest BCUT2D eigenvalue weighted by Gasteiger charge is 2.27. The normalized spacial score (nSPS) is 17.7. The van der Waals surface area contributed by atoms with Gasteiger partial charge in [-0.25, -0.2) is 0 Å². The van der Waals surface area contributed by atoms with Crippen LogP contribution in [-0.2, 0) is 19.6 Å². The molecule has 3 heterocycles. The molecule has 7 nitrogen and oxygen atoms in total. The summed E-state index contributed by atoms with van der Waals surface area (Å²) in [5.74, 6) is 4.00. The second-order valence-electron chi connectivity index (χ2n) is 7.17. The summed E-state index contributed by atoms with van der Waals surface area (Å²) in [7, 11) is 3.24. The number of nitrogens with zero attached hydrogens (tertiary/aromatic N) is 4. The van der Waals surface area contributed by atoms with Crippen LogP contribution in [0.2, 0.25) is 5.02 Å². The van der Waals surface area contributed by atoms with Gasteiger partial charge in [0.25, 0.3) is 0 Å². The van der Waals surface area contributed by atoms with Gasteiger partial charge in [0.2, 0.25) is 0 Å². The molecule has 0 unspecified atom stereocenters. The van der Waals surface area contributed by atoms with Crippen LogP contribution >= 0.6 is 24.0 Å². The van der Waals surface area contributed by atoms with Crippen LogP contribution in [0.3, 0.4) is 0 Å². The molecule has 1 saturated heterocycles. The third kappa shape index (κ3) is 4.22. The highest BCUT2D eigenvalue weighted by atomic mass is 35.5. The molecule has 0 saturated carbocycles. The highest BCUT2D eigenvalue weighted by molar-refractivity contribution is 6.32. The lowest BCUT2D eigenvalue weighted by atomic mass is 9.95. The lowest BCUT2D eigenvalue weighted by Crippen LogP contribution is -2.34. The molecule has 154 valence electrons. The number of nitrogens with one attached hydrogen (secondary N) is 1. The van der Waals surface area contributed by atoms with Crippen LogP contribution < -0.4 is 14.8 Å². The molecule has 1 aromatic carbocycles. The topological polar surface area (TPSA) is 64.4 Å². The highest BCUT2D eigenvalue weighted by Crippen LogP contribution is 2.37. The number of methoxy groups -OCH3 is 2. The van der Waals surface area contributed by atoms with Gasteiger partial charge in [0.05, 0.1) is 25.8 Å². The van der Waals surface area contributed by atoms with Crippen LogP contribution in [0, 0.1) is 0 Å². The first kappa shape index (κ1) is 21.2. The number of fused-ring (bicyclic) bond motifs is 1. The third-order valence-electron chi connectivity index (χ3n) is 5.50. The maximum absolute atomic E-state index is 6.34. The van der Waals surface area contributed by atoms with Gasteiger partial charge in [0.15, 0.2) is 11.5 Å². The number of benzene rings is 1. The summed E-state index contributed by atoms with van der Waals surface area (Å²) in [6.45, 7) is 5.73. The van der Waals surface area contributed by atoms with E-state index in [0.717, 1.165) is 63.5 Å². The van der Waals surface area contributed by atoms with E-state index < -0.39 is 0 Å². The van der Waals surface area contributed by atoms with E-state index in [1.54, 1.807) is 14.2 Å². The van der Waals surface area contributed by atoms with Gasteiger partial charge in [-0.05, 0) is 43.6 Å². The number of rotatable bonds is 5. The zero-order valence-corrected chi connectivity index (χ0v) is 17.9. The van der Waals surface area contributed by atoms with Crippen molar-refractivity contribution in [1.29, 1.82) is 0 Å². The Hall–Kier alpha value is -1.54. The number of halogens is 2. The Labute approximate surface area is 176 Å². The van der Waals surface area contributed by atoms with Crippen LogP contribution in [0.5, 0.6) is 11.5 Å². The second kappa shape index (κ2) is 9.31. The van der Waals surface area contributed by atoms with Crippen LogP contribution in [0.25, 0.3) is 0 Å². The first-order valence-electron chi connectivity index (χ1n) is 9.45. The van der Waals surface area contributed by atoms with Crippen molar-refractivity contribution in [2.75, 3.05) is 33.9 Å². The van der Waals surface area contributed by atoms with E-state index in [-0.39, 0.29) is 12.4 Å². The first-order valence-corrected chi connectivity index (χ1v) is 9.83. The summed E-state index contributed by atoms with van der Waals surface area (Å²) >= 11 is 6.34. The monoisotopic (exact) mass is 427 g/mol. The molecule has 1 aromatic heterocycles. The molecular formula is C19H27Cl2N5O2. The van der Waals surface area contributed by atoms with Gasteiger partial charge in [-0.1, -0.05) is 11.6 Å². The second-order valence-corrected chi connectivity index (χ2v) is 7.57. The predicted octanol–water partition coefficient (Wildman–Crippen LogP) is 2.85. The van der Waals surface area contributed by atoms with Crippen LogP contribution in [0.1, 0.15) is 36.0 Å². The maximum atomic E-state index is 6.34. The minimum Gasteiger partial charge on any atom is -0.493 e. The summed E-state index contributed by atoms with van der Waals surface area (Å²) in [6.07, 6.45) is 2.21. The third-order valence-corrected chi connectivity index (χ3v) is 5.78. The molecule has 2 aromatic rings. The van der Waals surface area contributed by atoms with Crippen molar-refractivity contribution in [3.05, 3.63) is 34.4 Å². The van der Waals surface area contributed by atoms with E-state index in [4.69, 9.17) is 21.1 Å². The van der Waals surface area contributed by atoms with Crippen molar-refractivity contribution in [2.45, 2.75) is 38.4 Å². The molecule has 0 atom stereocenters. The number of likely N-dealkylation sites (tertiary alicyclic amines) is 1. The average Bonchev–Trinajstić information content (AvgIpc) is 3.12. The molecule has 28 heavy (non-hydrogen) atoms. The summed E-state index contributed by atoms with van der Waals surface area (Å²) < 4.78 is 13.0. The Morgan fingerprint density at radius 2 is 1.93 bits per heavy atom. The van der Waals surface area contributed by atoms with Gasteiger partial charge in [-0.15, -0.1) is 22.6 Å². The fourth-order valence-corrected chi connectivity index (χ4v) is 4.40. The van der Waals surface area contributed by atoms with Crippen molar-refractivity contribution in [1.82, 2.24) is 25.0 Å². The quantitative estimate of drug-likeness (QED) is 0.791. The molecule has 0 bridgehead atoms. The average molecular weight is 428 g/mol. The van der Waals surface area contributed by atoms with Crippen molar-refractivity contribution in [3.63, 3.8) is 0 Å². The molecule has 2 aliphatic heterocycles. The summed E-state index contributed by atoms with van der Waals surface area (Å²) in [5.41, 5.74) is 1.14. The van der Waals surface area contributed by atoms with Gasteiger partial charge in [-0.2, -0.15) is 0 Å². The van der Waals surface area contributed by atoms with Gasteiger partial charge >= 0.3 is 0 Å². The number of hydrogen-bond acceptors (Lipinski definition) is 6. The standard InChI is InChI=1S/C19H26ClN5O2.ClH/c1-26-16-10-13(9-15(20)18(16)27-2)12-24-6-3-14(4-7-24)19-23-22-17-11-21-5-8-25(17)19;/h9-10,14,21H,3-8,11-12H2,1-2H3;1H. The number of aromatic nitrogens is 3. The van der Waals surface area contributed by atoms with E-state index in [1.165, 1.54) is 5.82 Å².